The number of thiazole rings is 1. The third kappa shape index (κ3) is 4.05. The van der Waals surface area contributed by atoms with E-state index < -0.39 is 0 Å². The summed E-state index contributed by atoms with van der Waals surface area (Å²) in [5.74, 6) is 1.23. The lowest BCUT2D eigenvalue weighted by Gasteiger charge is -2.17. The van der Waals surface area contributed by atoms with E-state index in [4.69, 9.17) is 9.72 Å². The van der Waals surface area contributed by atoms with Crippen LogP contribution in [-0.4, -0.2) is 44.5 Å². The van der Waals surface area contributed by atoms with Crippen molar-refractivity contribution in [1.82, 2.24) is 19.4 Å². The number of hydrogen-bond donors (Lipinski definition) is 1. The first kappa shape index (κ1) is 20.4. The zero-order valence-corrected chi connectivity index (χ0v) is 18.4. The van der Waals surface area contributed by atoms with Crippen molar-refractivity contribution in [3.8, 4) is 5.88 Å². The van der Waals surface area contributed by atoms with Crippen molar-refractivity contribution < 1.29 is 9.53 Å². The summed E-state index contributed by atoms with van der Waals surface area (Å²) in [6, 6.07) is 4.47. The monoisotopic (exact) mass is 425 g/mol. The number of anilines is 2. The molecular formula is C22H27N5O2S. The zero-order chi connectivity index (χ0) is 21.3. The molecule has 1 aliphatic rings. The van der Waals surface area contributed by atoms with E-state index in [1.54, 1.807) is 16.2 Å². The van der Waals surface area contributed by atoms with E-state index in [1.807, 2.05) is 19.2 Å². The number of fused-ring (bicyclic) bond motifs is 1. The number of aromatic nitrogens is 3. The molecule has 0 unspecified atom stereocenters. The average molecular weight is 426 g/mol. The second kappa shape index (κ2) is 8.47. The van der Waals surface area contributed by atoms with E-state index >= 15 is 0 Å². The molecule has 3 aromatic heterocycles. The fraction of sp³-hybridized carbons (Fsp3) is 0.409. The predicted molar refractivity (Wildman–Crippen MR) is 121 cm³/mol. The third-order valence-corrected chi connectivity index (χ3v) is 6.34. The first-order chi connectivity index (χ1) is 14.5. The maximum absolute atomic E-state index is 11.9. The molecule has 30 heavy (non-hydrogen) atoms. The minimum atomic E-state index is -0.0890. The van der Waals surface area contributed by atoms with Crippen LogP contribution < -0.4 is 10.1 Å². The number of ether oxygens (including phenoxy) is 1. The molecule has 8 heteroatoms. The smallest absolute Gasteiger partial charge is 0.246 e. The second-order valence-electron chi connectivity index (χ2n) is 7.64. The van der Waals surface area contributed by atoms with Gasteiger partial charge in [-0.25, -0.2) is 4.98 Å². The largest absolute Gasteiger partial charge is 0.472 e. The molecular weight excluding hydrogens is 398 g/mol. The van der Waals surface area contributed by atoms with Gasteiger partial charge in [0.2, 0.25) is 11.8 Å². The van der Waals surface area contributed by atoms with E-state index in [-0.39, 0.29) is 12.0 Å². The third-order valence-electron chi connectivity index (χ3n) is 5.51. The van der Waals surface area contributed by atoms with Gasteiger partial charge in [0.1, 0.15) is 11.9 Å². The molecule has 2 atom stereocenters. The number of carbonyl (C=O) groups is 1. The van der Waals surface area contributed by atoms with Crippen LogP contribution in [0.5, 0.6) is 5.88 Å². The number of nitrogens with zero attached hydrogens (tertiary/aromatic N) is 4. The summed E-state index contributed by atoms with van der Waals surface area (Å²) in [6.07, 6.45) is 7.00. The number of aryl methyl sites for hydroxylation is 1. The Balaban J connectivity index is 1.67. The van der Waals surface area contributed by atoms with Crippen molar-refractivity contribution in [3.63, 3.8) is 0 Å². The molecule has 1 aliphatic heterocycles. The van der Waals surface area contributed by atoms with Gasteiger partial charge in [0.15, 0.2) is 5.13 Å². The topological polar surface area (TPSA) is 72.3 Å². The Labute approximate surface area is 180 Å². The highest BCUT2D eigenvalue weighted by molar-refractivity contribution is 7.15. The Morgan fingerprint density at radius 1 is 1.53 bits per heavy atom. The molecule has 1 fully saturated rings. The number of nitrogens with one attached hydrogen (secondary N) is 1. The van der Waals surface area contributed by atoms with Gasteiger partial charge in [-0.2, -0.15) is 4.98 Å². The van der Waals surface area contributed by atoms with Gasteiger partial charge in [0, 0.05) is 42.3 Å². The molecule has 0 aromatic carbocycles. The van der Waals surface area contributed by atoms with Crippen LogP contribution in [0.1, 0.15) is 37.6 Å². The maximum atomic E-state index is 11.9. The Morgan fingerprint density at radius 2 is 2.37 bits per heavy atom. The van der Waals surface area contributed by atoms with Gasteiger partial charge >= 0.3 is 0 Å². The Kier molecular flexibility index (Phi) is 5.76. The highest BCUT2D eigenvalue weighted by atomic mass is 32.1. The first-order valence-corrected chi connectivity index (χ1v) is 11.1. The fourth-order valence-corrected chi connectivity index (χ4v) is 4.36. The highest BCUT2D eigenvalue weighted by Gasteiger charge is 2.27. The Bertz CT molecular complexity index is 1070. The van der Waals surface area contributed by atoms with Crippen LogP contribution in [0.4, 0.5) is 10.9 Å². The summed E-state index contributed by atoms with van der Waals surface area (Å²) in [6.45, 7) is 11.2. The number of carbonyl (C=O) groups excluding carboxylic acids is 1. The molecule has 0 radical (unpaired) electrons. The lowest BCUT2D eigenvalue weighted by molar-refractivity contribution is -0.125. The molecule has 1 saturated heterocycles. The van der Waals surface area contributed by atoms with Crippen molar-refractivity contribution in [2.45, 2.75) is 45.8 Å². The molecule has 3 aromatic rings. The predicted octanol–water partition coefficient (Wildman–Crippen LogP) is 4.68. The van der Waals surface area contributed by atoms with Crippen molar-refractivity contribution in [3.05, 3.63) is 42.1 Å². The lowest BCUT2D eigenvalue weighted by Crippen LogP contribution is -2.29. The highest BCUT2D eigenvalue weighted by Crippen LogP contribution is 2.33. The van der Waals surface area contributed by atoms with Gasteiger partial charge in [-0.1, -0.05) is 13.5 Å². The van der Waals surface area contributed by atoms with E-state index in [0.717, 1.165) is 33.8 Å². The normalized spacial score (nSPS) is 17.3. The summed E-state index contributed by atoms with van der Waals surface area (Å²) >= 11 is 1.59. The van der Waals surface area contributed by atoms with E-state index in [0.29, 0.717) is 30.8 Å². The maximum Gasteiger partial charge on any atom is 0.246 e. The summed E-state index contributed by atoms with van der Waals surface area (Å²) in [5, 5.41) is 5.10. The van der Waals surface area contributed by atoms with Gasteiger partial charge in [0.25, 0.3) is 0 Å². The SMILES string of the molecule is C=CC(=O)N1CC[C@H](Oc2nc(Nc3ncc(C)s3)cc3c2ccn3[C@@H](C)CC)C1. The number of pyridine rings is 1. The molecule has 158 valence electrons. The number of likely N-dealkylation sites (tertiary alicyclic amines) is 1. The first-order valence-electron chi connectivity index (χ1n) is 10.3. The van der Waals surface area contributed by atoms with Gasteiger partial charge < -0.3 is 19.5 Å². The van der Waals surface area contributed by atoms with Crippen LogP contribution in [0.2, 0.25) is 0 Å². The van der Waals surface area contributed by atoms with Gasteiger partial charge in [-0.15, -0.1) is 11.3 Å². The van der Waals surface area contributed by atoms with Gasteiger partial charge in [-0.05, 0) is 32.4 Å². The fourth-order valence-electron chi connectivity index (χ4n) is 3.69. The lowest BCUT2D eigenvalue weighted by atomic mass is 10.2. The summed E-state index contributed by atoms with van der Waals surface area (Å²) in [4.78, 5) is 24.0. The number of rotatable bonds is 7. The minimum Gasteiger partial charge on any atom is -0.472 e. The zero-order valence-electron chi connectivity index (χ0n) is 17.6. The van der Waals surface area contributed by atoms with Crippen LogP contribution in [-0.2, 0) is 4.79 Å². The van der Waals surface area contributed by atoms with Gasteiger partial charge in [0.05, 0.1) is 17.4 Å². The Morgan fingerprint density at radius 3 is 3.07 bits per heavy atom. The van der Waals surface area contributed by atoms with Crippen molar-refractivity contribution in [1.29, 1.82) is 0 Å². The Hall–Kier alpha value is -2.87. The van der Waals surface area contributed by atoms with Crippen LogP contribution in [0.15, 0.2) is 37.2 Å². The van der Waals surface area contributed by atoms with E-state index in [1.165, 1.54) is 6.08 Å². The molecule has 1 amide bonds. The summed E-state index contributed by atoms with van der Waals surface area (Å²) in [5.41, 5.74) is 1.07. The number of hydrogen-bond acceptors (Lipinski definition) is 6. The van der Waals surface area contributed by atoms with Crippen LogP contribution in [0.25, 0.3) is 10.9 Å². The van der Waals surface area contributed by atoms with Gasteiger partial charge in [-0.3, -0.25) is 4.79 Å². The van der Waals surface area contributed by atoms with Crippen LogP contribution >= 0.6 is 11.3 Å². The van der Waals surface area contributed by atoms with Crippen LogP contribution in [0, 0.1) is 6.92 Å². The van der Waals surface area contributed by atoms with E-state index in [2.05, 4.69) is 47.6 Å². The molecule has 4 rings (SSSR count). The molecule has 7 nitrogen and oxygen atoms in total. The molecule has 1 N–H and O–H groups in total. The molecule has 0 spiro atoms. The average Bonchev–Trinajstić information content (AvgIpc) is 3.47. The summed E-state index contributed by atoms with van der Waals surface area (Å²) < 4.78 is 8.57. The second-order valence-corrected chi connectivity index (χ2v) is 8.88. The molecule has 4 heterocycles. The number of amides is 1. The van der Waals surface area contributed by atoms with Crippen molar-refractivity contribution in [2.24, 2.45) is 0 Å². The van der Waals surface area contributed by atoms with Crippen molar-refractivity contribution in [2.75, 3.05) is 18.4 Å². The standard InChI is InChI=1S/C22H27N5O2S/c1-5-14(3)27-10-8-17-18(27)11-19(25-22-23-12-15(4)30-22)24-21(17)29-16-7-9-26(13-16)20(28)6-2/h6,8,10-12,14,16H,2,5,7,9,13H2,1,3-4H3,(H,23,24,25)/t14-,16-/m0/s1. The molecule has 0 bridgehead atoms. The molecule has 0 saturated carbocycles. The van der Waals surface area contributed by atoms with Crippen molar-refractivity contribution >= 4 is 39.1 Å². The minimum absolute atomic E-state index is 0.0586. The summed E-state index contributed by atoms with van der Waals surface area (Å²) in [7, 11) is 0. The van der Waals surface area contributed by atoms with E-state index in [9.17, 15) is 4.79 Å². The quantitative estimate of drug-likeness (QED) is 0.557. The molecule has 0 aliphatic carbocycles. The van der Waals surface area contributed by atoms with Crippen LogP contribution in [0.3, 0.4) is 0 Å².